The Morgan fingerprint density at radius 2 is 1.86 bits per heavy atom. The highest BCUT2D eigenvalue weighted by Crippen LogP contribution is 2.31. The molecule has 3 nitrogen and oxygen atoms in total. The minimum Gasteiger partial charge on any atom is -0.490 e. The maximum Gasteiger partial charge on any atom is 0.207 e. The fraction of sp³-hybridized carbons (Fsp3) is 0.562. The van der Waals surface area contributed by atoms with Gasteiger partial charge in [0.05, 0.1) is 6.10 Å². The molecule has 21 heavy (non-hydrogen) atoms. The van der Waals surface area contributed by atoms with E-state index in [9.17, 15) is 13.6 Å². The second-order valence-corrected chi connectivity index (χ2v) is 4.74. The molecule has 0 aliphatic carbocycles. The molecule has 0 radical (unpaired) electrons. The van der Waals surface area contributed by atoms with E-state index in [-0.39, 0.29) is 17.8 Å². The Balaban J connectivity index is 0.00000191. The average Bonchev–Trinajstić information content (AvgIpc) is 2.39. The fourth-order valence-electron chi connectivity index (χ4n) is 1.84. The first-order chi connectivity index (χ1) is 9.95. The standard InChI is InChI=1S/C14H19F2NO2.C2H6/c1-9(2)14-12(16)6-11(15)7-13(14)19-10(3)4-5-17-8-18;1-2/h6-10H,4-5H2,1-3H3,(H,17,18);1-2H3. The van der Waals surface area contributed by atoms with Crippen molar-refractivity contribution in [1.82, 2.24) is 5.32 Å². The van der Waals surface area contributed by atoms with Crippen LogP contribution >= 0.6 is 0 Å². The van der Waals surface area contributed by atoms with Crippen LogP contribution in [0.1, 0.15) is 52.5 Å². The molecule has 0 aromatic heterocycles. The van der Waals surface area contributed by atoms with Gasteiger partial charge in [-0.15, -0.1) is 0 Å². The third-order valence-electron chi connectivity index (χ3n) is 2.74. The minimum absolute atomic E-state index is 0.101. The monoisotopic (exact) mass is 301 g/mol. The van der Waals surface area contributed by atoms with Crippen LogP contribution in [-0.2, 0) is 4.79 Å². The number of nitrogens with one attached hydrogen (secondary N) is 1. The van der Waals surface area contributed by atoms with Gasteiger partial charge in [0.15, 0.2) is 0 Å². The quantitative estimate of drug-likeness (QED) is 0.610. The number of hydrogen-bond acceptors (Lipinski definition) is 2. The van der Waals surface area contributed by atoms with Gasteiger partial charge in [0.25, 0.3) is 0 Å². The highest BCUT2D eigenvalue weighted by atomic mass is 19.1. The molecule has 1 aromatic carbocycles. The molecule has 1 atom stereocenters. The second kappa shape index (κ2) is 10.1. The minimum atomic E-state index is -0.657. The molecular weight excluding hydrogens is 276 g/mol. The number of hydrogen-bond donors (Lipinski definition) is 1. The molecule has 5 heteroatoms. The van der Waals surface area contributed by atoms with Crippen LogP contribution < -0.4 is 10.1 Å². The molecule has 0 fully saturated rings. The van der Waals surface area contributed by atoms with E-state index in [4.69, 9.17) is 4.74 Å². The molecule has 0 heterocycles. The van der Waals surface area contributed by atoms with E-state index in [2.05, 4.69) is 5.32 Å². The van der Waals surface area contributed by atoms with Crippen LogP contribution in [0.5, 0.6) is 5.75 Å². The number of carbonyl (C=O) groups is 1. The zero-order valence-corrected chi connectivity index (χ0v) is 13.4. The first-order valence-electron chi connectivity index (χ1n) is 7.28. The summed E-state index contributed by atoms with van der Waals surface area (Å²) in [6.45, 7) is 9.89. The molecule has 0 spiro atoms. The molecule has 0 bridgehead atoms. The lowest BCUT2D eigenvalue weighted by Crippen LogP contribution is -2.21. The van der Waals surface area contributed by atoms with Crippen molar-refractivity contribution in [2.24, 2.45) is 0 Å². The summed E-state index contributed by atoms with van der Waals surface area (Å²) in [5, 5.41) is 2.52. The van der Waals surface area contributed by atoms with Crippen molar-refractivity contribution in [3.8, 4) is 5.75 Å². The lowest BCUT2D eigenvalue weighted by molar-refractivity contribution is -0.109. The topological polar surface area (TPSA) is 38.3 Å². The van der Waals surface area contributed by atoms with E-state index in [1.807, 2.05) is 27.7 Å². The Labute approximate surface area is 125 Å². The van der Waals surface area contributed by atoms with Gasteiger partial charge >= 0.3 is 0 Å². The van der Waals surface area contributed by atoms with Crippen molar-refractivity contribution in [3.05, 3.63) is 29.3 Å². The zero-order chi connectivity index (χ0) is 16.4. The summed E-state index contributed by atoms with van der Waals surface area (Å²) in [4.78, 5) is 10.1. The van der Waals surface area contributed by atoms with Crippen LogP contribution in [0.2, 0.25) is 0 Å². The van der Waals surface area contributed by atoms with Crippen molar-refractivity contribution in [1.29, 1.82) is 0 Å². The number of halogens is 2. The molecule has 0 saturated carbocycles. The number of ether oxygens (including phenoxy) is 1. The van der Waals surface area contributed by atoms with E-state index in [0.717, 1.165) is 6.07 Å². The molecule has 1 rings (SSSR count). The van der Waals surface area contributed by atoms with Gasteiger partial charge in [0.1, 0.15) is 17.4 Å². The molecule has 0 aliphatic rings. The van der Waals surface area contributed by atoms with E-state index in [1.165, 1.54) is 6.07 Å². The van der Waals surface area contributed by atoms with Gasteiger partial charge < -0.3 is 10.1 Å². The van der Waals surface area contributed by atoms with E-state index in [0.29, 0.717) is 24.9 Å². The van der Waals surface area contributed by atoms with Crippen molar-refractivity contribution in [2.45, 2.75) is 53.1 Å². The average molecular weight is 301 g/mol. The van der Waals surface area contributed by atoms with Crippen LogP contribution in [0.4, 0.5) is 8.78 Å². The fourth-order valence-corrected chi connectivity index (χ4v) is 1.84. The number of carbonyl (C=O) groups excluding carboxylic acids is 1. The van der Waals surface area contributed by atoms with E-state index in [1.54, 1.807) is 6.92 Å². The smallest absolute Gasteiger partial charge is 0.207 e. The highest BCUT2D eigenvalue weighted by Gasteiger charge is 2.17. The Morgan fingerprint density at radius 1 is 1.24 bits per heavy atom. The summed E-state index contributed by atoms with van der Waals surface area (Å²) in [7, 11) is 0. The Bertz CT molecular complexity index is 437. The van der Waals surface area contributed by atoms with Crippen molar-refractivity contribution in [3.63, 3.8) is 0 Å². The maximum atomic E-state index is 13.7. The van der Waals surface area contributed by atoms with Crippen LogP contribution in [0.25, 0.3) is 0 Å². The zero-order valence-electron chi connectivity index (χ0n) is 13.4. The van der Waals surface area contributed by atoms with Gasteiger partial charge in [-0.05, 0) is 12.8 Å². The lowest BCUT2D eigenvalue weighted by atomic mass is 10.0. The Kier molecular flexibility index (Phi) is 9.34. The molecule has 1 amide bonds. The Hall–Kier alpha value is -1.65. The predicted octanol–water partition coefficient (Wildman–Crippen LogP) is 4.02. The molecule has 0 aliphatic heterocycles. The second-order valence-electron chi connectivity index (χ2n) is 4.74. The van der Waals surface area contributed by atoms with Crippen LogP contribution in [0.3, 0.4) is 0 Å². The Morgan fingerprint density at radius 3 is 2.38 bits per heavy atom. The van der Waals surface area contributed by atoms with Crippen molar-refractivity contribution < 1.29 is 18.3 Å². The first-order valence-corrected chi connectivity index (χ1v) is 7.28. The van der Waals surface area contributed by atoms with Gasteiger partial charge in [-0.3, -0.25) is 4.79 Å². The maximum absolute atomic E-state index is 13.7. The molecule has 120 valence electrons. The summed E-state index contributed by atoms with van der Waals surface area (Å²) < 4.78 is 32.6. The summed E-state index contributed by atoms with van der Waals surface area (Å²) in [6, 6.07) is 2.06. The third kappa shape index (κ3) is 6.56. The number of benzene rings is 1. The number of amides is 1. The molecule has 1 aromatic rings. The summed E-state index contributed by atoms with van der Waals surface area (Å²) in [5.41, 5.74) is 0.372. The van der Waals surface area contributed by atoms with E-state index >= 15 is 0 Å². The SMILES string of the molecule is CC.CC(CCNC=O)Oc1cc(F)cc(F)c1C(C)C. The third-order valence-corrected chi connectivity index (χ3v) is 2.74. The largest absolute Gasteiger partial charge is 0.490 e. The lowest BCUT2D eigenvalue weighted by Gasteiger charge is -2.19. The van der Waals surface area contributed by atoms with Gasteiger partial charge in [-0.25, -0.2) is 8.78 Å². The van der Waals surface area contributed by atoms with Crippen molar-refractivity contribution >= 4 is 6.41 Å². The van der Waals surface area contributed by atoms with Crippen molar-refractivity contribution in [2.75, 3.05) is 6.54 Å². The van der Waals surface area contributed by atoms with Gasteiger partial charge in [0.2, 0.25) is 6.41 Å². The molecule has 1 unspecified atom stereocenters. The summed E-state index contributed by atoms with van der Waals surface area (Å²) in [6.07, 6.45) is 0.925. The van der Waals surface area contributed by atoms with Crippen LogP contribution in [-0.4, -0.2) is 19.1 Å². The van der Waals surface area contributed by atoms with Crippen LogP contribution in [0, 0.1) is 11.6 Å². The predicted molar refractivity (Wildman–Crippen MR) is 80.6 cm³/mol. The van der Waals surface area contributed by atoms with E-state index < -0.39 is 11.6 Å². The van der Waals surface area contributed by atoms with Gasteiger partial charge in [-0.1, -0.05) is 27.7 Å². The molecular formula is C16H25F2NO2. The summed E-state index contributed by atoms with van der Waals surface area (Å²) in [5.74, 6) is -1.12. The molecule has 0 saturated heterocycles. The normalized spacial score (nSPS) is 11.4. The van der Waals surface area contributed by atoms with Gasteiger partial charge in [0, 0.05) is 30.7 Å². The highest BCUT2D eigenvalue weighted by molar-refractivity contribution is 5.45. The first kappa shape index (κ1) is 19.4. The molecule has 1 N–H and O–H groups in total. The van der Waals surface area contributed by atoms with Gasteiger partial charge in [-0.2, -0.15) is 0 Å². The number of rotatable bonds is 7. The van der Waals surface area contributed by atoms with Crippen LogP contribution in [0.15, 0.2) is 12.1 Å². The summed E-state index contributed by atoms with van der Waals surface area (Å²) >= 11 is 0.